The number of carbonyl (C=O) groups excluding carboxylic acids is 2. The van der Waals surface area contributed by atoms with Gasteiger partial charge in [-0.2, -0.15) is 0 Å². The lowest BCUT2D eigenvalue weighted by Gasteiger charge is -2.33. The molecule has 0 radical (unpaired) electrons. The van der Waals surface area contributed by atoms with Crippen molar-refractivity contribution in [2.75, 3.05) is 29.9 Å². The van der Waals surface area contributed by atoms with E-state index < -0.39 is 5.82 Å². The Morgan fingerprint density at radius 3 is 2.23 bits per heavy atom. The third-order valence-electron chi connectivity index (χ3n) is 7.31. The first-order chi connectivity index (χ1) is 19.5. The van der Waals surface area contributed by atoms with Gasteiger partial charge in [0.05, 0.1) is 11.8 Å². The number of carbonyl (C=O) groups is 2. The first-order valence-electron chi connectivity index (χ1n) is 13.8. The fourth-order valence-corrected chi connectivity index (χ4v) is 5.08. The molecule has 5 rings (SSSR count). The Labute approximate surface area is 234 Å². The largest absolute Gasteiger partial charge is 0.378 e. The van der Waals surface area contributed by atoms with Gasteiger partial charge >= 0.3 is 0 Å². The first kappa shape index (κ1) is 27.3. The first-order valence-corrected chi connectivity index (χ1v) is 13.8. The zero-order chi connectivity index (χ0) is 27.9. The topological polar surface area (TPSA) is 74.4 Å². The molecule has 0 amide bonds. The molecule has 7 heteroatoms. The number of halogens is 1. The van der Waals surface area contributed by atoms with Gasteiger partial charge in [-0.3, -0.25) is 9.59 Å². The SMILES string of the molecule is CCOC1CCN(c2ccc(C(=O)Cc3ccc(Nc4ccc(CC(=O)c5cc[nH]c5)cc4F)cc3)cc2)CC1. The van der Waals surface area contributed by atoms with Crippen molar-refractivity contribution in [3.8, 4) is 0 Å². The molecular formula is C33H34FN3O3. The van der Waals surface area contributed by atoms with E-state index in [9.17, 15) is 14.0 Å². The van der Waals surface area contributed by atoms with E-state index in [4.69, 9.17) is 4.74 Å². The minimum absolute atomic E-state index is 0.0538. The Balaban J connectivity index is 1.13. The molecule has 2 N–H and O–H groups in total. The fraction of sp³-hybridized carbons (Fsp3) is 0.273. The van der Waals surface area contributed by atoms with Crippen LogP contribution in [0.5, 0.6) is 0 Å². The van der Waals surface area contributed by atoms with Gasteiger partial charge in [0.2, 0.25) is 0 Å². The number of ether oxygens (including phenoxy) is 1. The summed E-state index contributed by atoms with van der Waals surface area (Å²) in [5.41, 5.74) is 4.93. The number of anilines is 3. The number of Topliss-reactive ketones (excluding diaryl/α,β-unsaturated/α-hetero) is 2. The van der Waals surface area contributed by atoms with Crippen LogP contribution < -0.4 is 10.2 Å². The number of piperidine rings is 1. The molecule has 1 aromatic heterocycles. The number of benzene rings is 3. The van der Waals surface area contributed by atoms with Crippen molar-refractivity contribution < 1.29 is 18.7 Å². The molecule has 6 nitrogen and oxygen atoms in total. The highest BCUT2D eigenvalue weighted by Gasteiger charge is 2.20. The Morgan fingerprint density at radius 1 is 0.900 bits per heavy atom. The molecule has 2 heterocycles. The van der Waals surface area contributed by atoms with Gasteiger partial charge in [0, 0.05) is 67.4 Å². The molecule has 1 aliphatic rings. The molecule has 0 aliphatic carbocycles. The molecule has 0 spiro atoms. The van der Waals surface area contributed by atoms with E-state index in [1.165, 1.54) is 6.07 Å². The highest BCUT2D eigenvalue weighted by molar-refractivity contribution is 5.98. The zero-order valence-electron chi connectivity index (χ0n) is 22.7. The molecule has 1 fully saturated rings. The average molecular weight is 540 g/mol. The quantitative estimate of drug-likeness (QED) is 0.206. The van der Waals surface area contributed by atoms with Gasteiger partial charge in [-0.25, -0.2) is 4.39 Å². The number of aromatic nitrogens is 1. The van der Waals surface area contributed by atoms with Crippen LogP contribution in [0.15, 0.2) is 85.2 Å². The number of nitrogens with one attached hydrogen (secondary N) is 2. The lowest BCUT2D eigenvalue weighted by Crippen LogP contribution is -2.37. The highest BCUT2D eigenvalue weighted by atomic mass is 19.1. The number of hydrogen-bond acceptors (Lipinski definition) is 5. The van der Waals surface area contributed by atoms with E-state index in [1.54, 1.807) is 30.6 Å². The van der Waals surface area contributed by atoms with Crippen molar-refractivity contribution in [1.29, 1.82) is 0 Å². The molecule has 40 heavy (non-hydrogen) atoms. The average Bonchev–Trinajstić information content (AvgIpc) is 3.52. The standard InChI is InChI=1S/C33H34FN3O3/c1-2-40-29-14-17-37(18-15-29)28-10-6-25(7-11-28)32(38)20-23-3-8-27(9-4-23)36-31-12-5-24(19-30(31)34)21-33(39)26-13-16-35-22-26/h3-13,16,19,22,29,35-36H,2,14-15,17-18,20-21H2,1H3. The summed E-state index contributed by atoms with van der Waals surface area (Å²) in [4.78, 5) is 30.4. The monoisotopic (exact) mass is 539 g/mol. The third-order valence-corrected chi connectivity index (χ3v) is 7.31. The van der Waals surface area contributed by atoms with E-state index in [2.05, 4.69) is 15.2 Å². The molecule has 206 valence electrons. The molecule has 1 saturated heterocycles. The van der Waals surface area contributed by atoms with Crippen LogP contribution in [-0.2, 0) is 17.6 Å². The Bertz CT molecular complexity index is 1430. The van der Waals surface area contributed by atoms with Crippen LogP contribution in [0.1, 0.15) is 51.6 Å². The van der Waals surface area contributed by atoms with Crippen LogP contribution in [0.4, 0.5) is 21.5 Å². The number of nitrogens with zero attached hydrogens (tertiary/aromatic N) is 1. The number of rotatable bonds is 11. The van der Waals surface area contributed by atoms with Crippen molar-refractivity contribution in [1.82, 2.24) is 4.98 Å². The molecule has 0 saturated carbocycles. The third kappa shape index (κ3) is 6.85. The van der Waals surface area contributed by atoms with Gasteiger partial charge < -0.3 is 19.9 Å². The normalized spacial score (nSPS) is 13.8. The molecular weight excluding hydrogens is 505 g/mol. The minimum atomic E-state index is -0.430. The Hall–Kier alpha value is -4.23. The smallest absolute Gasteiger partial charge is 0.168 e. The van der Waals surface area contributed by atoms with Crippen molar-refractivity contribution in [3.05, 3.63) is 113 Å². The summed E-state index contributed by atoms with van der Waals surface area (Å²) < 4.78 is 20.5. The van der Waals surface area contributed by atoms with Crippen LogP contribution in [0.25, 0.3) is 0 Å². The Kier molecular flexibility index (Phi) is 8.71. The second kappa shape index (κ2) is 12.7. The van der Waals surface area contributed by atoms with Crippen LogP contribution in [0.3, 0.4) is 0 Å². The zero-order valence-corrected chi connectivity index (χ0v) is 22.7. The molecule has 1 aliphatic heterocycles. The highest BCUT2D eigenvalue weighted by Crippen LogP contribution is 2.24. The predicted octanol–water partition coefficient (Wildman–Crippen LogP) is 6.75. The van der Waals surface area contributed by atoms with E-state index in [0.29, 0.717) is 34.2 Å². The van der Waals surface area contributed by atoms with Crippen LogP contribution in [-0.4, -0.2) is 42.4 Å². The second-order valence-corrected chi connectivity index (χ2v) is 10.1. The van der Waals surface area contributed by atoms with Gasteiger partial charge in [-0.05, 0) is 85.5 Å². The Morgan fingerprint density at radius 2 is 1.57 bits per heavy atom. The summed E-state index contributed by atoms with van der Waals surface area (Å²) in [6.07, 6.45) is 6.14. The van der Waals surface area contributed by atoms with E-state index in [-0.39, 0.29) is 24.4 Å². The fourth-order valence-electron chi connectivity index (χ4n) is 5.08. The van der Waals surface area contributed by atoms with Crippen LogP contribution in [0, 0.1) is 5.82 Å². The summed E-state index contributed by atoms with van der Waals surface area (Å²) in [7, 11) is 0. The minimum Gasteiger partial charge on any atom is -0.378 e. The van der Waals surface area contributed by atoms with Gasteiger partial charge in [0.1, 0.15) is 5.82 Å². The van der Waals surface area contributed by atoms with Crippen molar-refractivity contribution in [2.45, 2.75) is 38.7 Å². The predicted molar refractivity (Wildman–Crippen MR) is 156 cm³/mol. The van der Waals surface area contributed by atoms with Crippen LogP contribution >= 0.6 is 0 Å². The van der Waals surface area contributed by atoms with Crippen molar-refractivity contribution >= 4 is 28.6 Å². The lowest BCUT2D eigenvalue weighted by atomic mass is 10.0. The van der Waals surface area contributed by atoms with E-state index in [0.717, 1.165) is 43.8 Å². The maximum Gasteiger partial charge on any atom is 0.168 e. The molecule has 0 atom stereocenters. The lowest BCUT2D eigenvalue weighted by molar-refractivity contribution is 0.0459. The molecule has 4 aromatic rings. The van der Waals surface area contributed by atoms with Gasteiger partial charge in [-0.15, -0.1) is 0 Å². The number of ketones is 2. The molecule has 0 bridgehead atoms. The van der Waals surface area contributed by atoms with Crippen molar-refractivity contribution in [3.63, 3.8) is 0 Å². The van der Waals surface area contributed by atoms with Gasteiger partial charge in [0.25, 0.3) is 0 Å². The van der Waals surface area contributed by atoms with Crippen LogP contribution in [0.2, 0.25) is 0 Å². The molecule has 3 aromatic carbocycles. The summed E-state index contributed by atoms with van der Waals surface area (Å²) in [6.45, 7) is 4.71. The summed E-state index contributed by atoms with van der Waals surface area (Å²) in [5, 5.41) is 3.08. The number of aromatic amines is 1. The van der Waals surface area contributed by atoms with Crippen molar-refractivity contribution in [2.24, 2.45) is 0 Å². The van der Waals surface area contributed by atoms with Gasteiger partial charge in [-0.1, -0.05) is 18.2 Å². The summed E-state index contributed by atoms with van der Waals surface area (Å²) in [5.74, 6) is -0.445. The van der Waals surface area contributed by atoms with E-state index >= 15 is 0 Å². The number of hydrogen-bond donors (Lipinski definition) is 2. The summed E-state index contributed by atoms with van der Waals surface area (Å²) in [6, 6.07) is 21.7. The second-order valence-electron chi connectivity index (χ2n) is 10.1. The van der Waals surface area contributed by atoms with Gasteiger partial charge in [0.15, 0.2) is 11.6 Å². The molecule has 0 unspecified atom stereocenters. The summed E-state index contributed by atoms with van der Waals surface area (Å²) >= 11 is 0. The maximum absolute atomic E-state index is 14.7. The number of H-pyrrole nitrogens is 1. The maximum atomic E-state index is 14.7. The van der Waals surface area contributed by atoms with E-state index in [1.807, 2.05) is 55.5 Å².